The fraction of sp³-hybridized carbons (Fsp3) is 0.545. The fourth-order valence-corrected chi connectivity index (χ4v) is 4.44. The van der Waals surface area contributed by atoms with Gasteiger partial charge in [0, 0.05) is 30.2 Å². The van der Waals surface area contributed by atoms with Crippen LogP contribution in [0.5, 0.6) is 0 Å². The summed E-state index contributed by atoms with van der Waals surface area (Å²) in [5.41, 5.74) is 7.46. The maximum absolute atomic E-state index is 12.6. The van der Waals surface area contributed by atoms with Crippen molar-refractivity contribution >= 4 is 17.5 Å². The van der Waals surface area contributed by atoms with E-state index in [9.17, 15) is 4.79 Å². The molecule has 0 bridgehead atoms. The van der Waals surface area contributed by atoms with Crippen LogP contribution in [0.1, 0.15) is 67.4 Å². The van der Waals surface area contributed by atoms with E-state index >= 15 is 0 Å². The minimum atomic E-state index is -0.0847. The minimum Gasteiger partial charge on any atom is -0.385 e. The number of halogens is 1. The number of amides is 1. The van der Waals surface area contributed by atoms with E-state index in [-0.39, 0.29) is 11.9 Å². The molecule has 0 radical (unpaired) electrons. The lowest BCUT2D eigenvalue weighted by Gasteiger charge is -2.30. The van der Waals surface area contributed by atoms with Gasteiger partial charge in [-0.1, -0.05) is 18.2 Å². The molecule has 0 aliphatic heterocycles. The average Bonchev–Trinajstić information content (AvgIpc) is 2.74. The number of hydrazine groups is 1. The number of aryl methyl sites for hydroxylation is 1. The number of nitrogens with zero attached hydrogens (tertiary/aromatic N) is 1. The quantitative estimate of drug-likeness (QED) is 0.400. The standard InChI is InChI=1S/C22H32ClN5O/c1-14(19-5-3-4-6-21(19)28-24)25-12-16-7-9-18(10-8-16)27-22(29)20-11-17(23)13-26-15(20)2/h11,13,16,18,25,28H,1,3-10,12,24H2,2H3,(H,27,29). The summed E-state index contributed by atoms with van der Waals surface area (Å²) in [6.07, 6.45) is 10.1. The van der Waals surface area contributed by atoms with Crippen LogP contribution in [0.4, 0.5) is 0 Å². The van der Waals surface area contributed by atoms with Gasteiger partial charge in [0.2, 0.25) is 0 Å². The van der Waals surface area contributed by atoms with E-state index in [1.807, 2.05) is 6.92 Å². The molecule has 1 fully saturated rings. The Bertz CT molecular complexity index is 783. The number of pyridine rings is 1. The smallest absolute Gasteiger partial charge is 0.253 e. The first-order valence-corrected chi connectivity index (χ1v) is 10.9. The van der Waals surface area contributed by atoms with Crippen LogP contribution in [-0.2, 0) is 0 Å². The molecule has 1 aromatic heterocycles. The second-order valence-electron chi connectivity index (χ2n) is 8.15. The summed E-state index contributed by atoms with van der Waals surface area (Å²) in [4.78, 5) is 16.7. The second kappa shape index (κ2) is 10.1. The summed E-state index contributed by atoms with van der Waals surface area (Å²) < 4.78 is 0. The maximum atomic E-state index is 12.6. The predicted octanol–water partition coefficient (Wildman–Crippen LogP) is 3.73. The minimum absolute atomic E-state index is 0.0847. The third-order valence-electron chi connectivity index (χ3n) is 6.09. The van der Waals surface area contributed by atoms with Crippen molar-refractivity contribution in [2.45, 2.75) is 64.3 Å². The lowest BCUT2D eigenvalue weighted by molar-refractivity contribution is 0.0921. The van der Waals surface area contributed by atoms with E-state index in [0.29, 0.717) is 22.2 Å². The van der Waals surface area contributed by atoms with E-state index in [1.54, 1.807) is 12.3 Å². The van der Waals surface area contributed by atoms with Crippen molar-refractivity contribution in [2.24, 2.45) is 11.8 Å². The molecule has 7 heteroatoms. The molecule has 5 N–H and O–H groups in total. The van der Waals surface area contributed by atoms with Crippen LogP contribution >= 0.6 is 11.6 Å². The first-order valence-electron chi connectivity index (χ1n) is 10.5. The van der Waals surface area contributed by atoms with E-state index in [0.717, 1.165) is 56.5 Å². The number of allylic oxidation sites excluding steroid dienone is 2. The average molecular weight is 418 g/mol. The van der Waals surface area contributed by atoms with Crippen molar-refractivity contribution in [3.05, 3.63) is 52.1 Å². The van der Waals surface area contributed by atoms with Crippen molar-refractivity contribution in [3.8, 4) is 0 Å². The van der Waals surface area contributed by atoms with Gasteiger partial charge in [0.25, 0.3) is 5.91 Å². The van der Waals surface area contributed by atoms with Crippen LogP contribution in [0.3, 0.4) is 0 Å². The maximum Gasteiger partial charge on any atom is 0.253 e. The SMILES string of the molecule is C=C(NCC1CCC(NC(=O)c2cc(Cl)cnc2C)CC1)C1=C(NN)CCCC1. The predicted molar refractivity (Wildman–Crippen MR) is 117 cm³/mol. The number of carbonyl (C=O) groups is 1. The molecule has 0 spiro atoms. The van der Waals surface area contributed by atoms with Crippen LogP contribution in [0.25, 0.3) is 0 Å². The number of hydrogen-bond donors (Lipinski definition) is 4. The van der Waals surface area contributed by atoms with Crippen LogP contribution in [0.2, 0.25) is 5.02 Å². The van der Waals surface area contributed by atoms with Gasteiger partial charge in [0.15, 0.2) is 0 Å². The highest BCUT2D eigenvalue weighted by molar-refractivity contribution is 6.30. The van der Waals surface area contributed by atoms with E-state index < -0.39 is 0 Å². The molecule has 2 aliphatic rings. The third-order valence-corrected chi connectivity index (χ3v) is 6.30. The Morgan fingerprint density at radius 2 is 2.00 bits per heavy atom. The van der Waals surface area contributed by atoms with Gasteiger partial charge in [-0.15, -0.1) is 0 Å². The number of hydrogen-bond acceptors (Lipinski definition) is 5. The highest BCUT2D eigenvalue weighted by atomic mass is 35.5. The monoisotopic (exact) mass is 417 g/mol. The summed E-state index contributed by atoms with van der Waals surface area (Å²) in [5, 5.41) is 7.16. The second-order valence-corrected chi connectivity index (χ2v) is 8.58. The van der Waals surface area contributed by atoms with Gasteiger partial charge in [0.1, 0.15) is 0 Å². The largest absolute Gasteiger partial charge is 0.385 e. The summed E-state index contributed by atoms with van der Waals surface area (Å²) in [7, 11) is 0. The van der Waals surface area contributed by atoms with Crippen LogP contribution in [-0.4, -0.2) is 23.5 Å². The van der Waals surface area contributed by atoms with Gasteiger partial charge in [-0.3, -0.25) is 15.6 Å². The van der Waals surface area contributed by atoms with E-state index in [2.05, 4.69) is 27.6 Å². The van der Waals surface area contributed by atoms with Gasteiger partial charge in [-0.2, -0.15) is 0 Å². The van der Waals surface area contributed by atoms with E-state index in [4.69, 9.17) is 17.4 Å². The number of rotatable bonds is 7. The molecule has 6 nitrogen and oxygen atoms in total. The molecule has 0 atom stereocenters. The number of carbonyl (C=O) groups excluding carboxylic acids is 1. The Balaban J connectivity index is 1.45. The van der Waals surface area contributed by atoms with Gasteiger partial charge >= 0.3 is 0 Å². The molecule has 158 valence electrons. The zero-order valence-corrected chi connectivity index (χ0v) is 17.9. The molecule has 3 rings (SSSR count). The molecular formula is C22H32ClN5O. The lowest BCUT2D eigenvalue weighted by atomic mass is 9.85. The van der Waals surface area contributed by atoms with Crippen molar-refractivity contribution in [3.63, 3.8) is 0 Å². The van der Waals surface area contributed by atoms with Crippen molar-refractivity contribution in [1.29, 1.82) is 0 Å². The fourth-order valence-electron chi connectivity index (χ4n) is 4.28. The van der Waals surface area contributed by atoms with Crippen molar-refractivity contribution < 1.29 is 4.79 Å². The molecule has 2 aliphatic carbocycles. The normalized spacial score (nSPS) is 22.2. The molecule has 1 amide bonds. The third kappa shape index (κ3) is 5.73. The topological polar surface area (TPSA) is 92.1 Å². The highest BCUT2D eigenvalue weighted by Gasteiger charge is 2.24. The molecular weight excluding hydrogens is 386 g/mol. The van der Waals surface area contributed by atoms with Crippen molar-refractivity contribution in [1.82, 2.24) is 21.0 Å². The summed E-state index contributed by atoms with van der Waals surface area (Å²) >= 11 is 5.99. The van der Waals surface area contributed by atoms with Gasteiger partial charge in [0.05, 0.1) is 16.3 Å². The highest BCUT2D eigenvalue weighted by Crippen LogP contribution is 2.28. The number of nitrogens with one attached hydrogen (secondary N) is 3. The molecule has 0 saturated heterocycles. The van der Waals surface area contributed by atoms with Gasteiger partial charge < -0.3 is 16.1 Å². The Kier molecular flexibility index (Phi) is 7.56. The Hall–Kier alpha value is -2.05. The molecule has 0 aromatic carbocycles. The van der Waals surface area contributed by atoms with Crippen LogP contribution in [0, 0.1) is 12.8 Å². The number of nitrogens with two attached hydrogens (primary N) is 1. The molecule has 0 unspecified atom stereocenters. The molecule has 1 heterocycles. The van der Waals surface area contributed by atoms with E-state index in [1.165, 1.54) is 18.4 Å². The summed E-state index contributed by atoms with van der Waals surface area (Å²) in [6, 6.07) is 1.89. The summed E-state index contributed by atoms with van der Waals surface area (Å²) in [6.45, 7) is 6.97. The van der Waals surface area contributed by atoms with Crippen molar-refractivity contribution in [2.75, 3.05) is 6.54 Å². The van der Waals surface area contributed by atoms with Crippen LogP contribution < -0.4 is 21.9 Å². The molecule has 29 heavy (non-hydrogen) atoms. The zero-order valence-electron chi connectivity index (χ0n) is 17.2. The summed E-state index contributed by atoms with van der Waals surface area (Å²) in [5.74, 6) is 6.17. The Morgan fingerprint density at radius 3 is 2.72 bits per heavy atom. The Morgan fingerprint density at radius 1 is 1.28 bits per heavy atom. The van der Waals surface area contributed by atoms with Crippen LogP contribution in [0.15, 0.2) is 35.8 Å². The first-order chi connectivity index (χ1) is 14.0. The number of aromatic nitrogens is 1. The van der Waals surface area contributed by atoms with Gasteiger partial charge in [-0.25, -0.2) is 0 Å². The van der Waals surface area contributed by atoms with Gasteiger partial charge in [-0.05, 0) is 75.8 Å². The Labute approximate surface area is 178 Å². The first kappa shape index (κ1) is 21.7. The molecule has 1 saturated carbocycles. The zero-order chi connectivity index (χ0) is 20.8. The molecule has 1 aromatic rings. The lowest BCUT2D eigenvalue weighted by Crippen LogP contribution is -2.39.